The average molecular weight is 479 g/mol. The molecule has 2 unspecified atom stereocenters. The number of benzene rings is 1. The molecule has 0 radical (unpaired) electrons. The summed E-state index contributed by atoms with van der Waals surface area (Å²) in [5.41, 5.74) is -2.15. The van der Waals surface area contributed by atoms with Crippen molar-refractivity contribution >= 4 is 23.7 Å². The van der Waals surface area contributed by atoms with Crippen LogP contribution < -0.4 is 0 Å². The lowest BCUT2D eigenvalue weighted by molar-refractivity contribution is -0.188. The maximum atomic E-state index is 13.3. The highest BCUT2D eigenvalue weighted by Gasteiger charge is 2.55. The Hall–Kier alpha value is -2.74. The van der Waals surface area contributed by atoms with Gasteiger partial charge in [0.15, 0.2) is 17.3 Å². The van der Waals surface area contributed by atoms with E-state index in [0.717, 1.165) is 19.3 Å². The van der Waals surface area contributed by atoms with Crippen LogP contribution >= 0.6 is 0 Å². The molecule has 8 nitrogen and oxygen atoms in total. The van der Waals surface area contributed by atoms with Crippen molar-refractivity contribution in [1.82, 2.24) is 0 Å². The third kappa shape index (κ3) is 9.63. The van der Waals surface area contributed by atoms with Gasteiger partial charge in [-0.2, -0.15) is 0 Å². The van der Waals surface area contributed by atoms with E-state index in [9.17, 15) is 24.3 Å². The Bertz CT molecular complexity index is 776. The molecule has 0 aliphatic heterocycles. The van der Waals surface area contributed by atoms with Crippen molar-refractivity contribution < 1.29 is 38.5 Å². The van der Waals surface area contributed by atoms with Gasteiger partial charge in [0, 0.05) is 6.42 Å². The first-order valence-corrected chi connectivity index (χ1v) is 12.1. The van der Waals surface area contributed by atoms with E-state index in [1.165, 1.54) is 0 Å². The summed E-state index contributed by atoms with van der Waals surface area (Å²) in [4.78, 5) is 51.8. The highest BCUT2D eigenvalue weighted by Crippen LogP contribution is 2.29. The summed E-state index contributed by atoms with van der Waals surface area (Å²) in [5, 5.41) is 11.4. The molecule has 1 aromatic rings. The summed E-state index contributed by atoms with van der Waals surface area (Å²) in [6.45, 7) is 5.81. The molecule has 0 saturated heterocycles. The lowest BCUT2D eigenvalue weighted by Crippen LogP contribution is -2.55. The number of unbranched alkanes of at least 4 members (excludes halogenated alkanes) is 3. The smallest absolute Gasteiger partial charge is 0.340 e. The van der Waals surface area contributed by atoms with Crippen LogP contribution in [0.25, 0.3) is 0 Å². The third-order valence-electron chi connectivity index (χ3n) is 5.26. The first kappa shape index (κ1) is 29.3. The molecule has 190 valence electrons. The predicted octanol–water partition coefficient (Wildman–Crippen LogP) is 3.57. The zero-order valence-electron chi connectivity index (χ0n) is 20.5. The summed E-state index contributed by atoms with van der Waals surface area (Å²) in [7, 11) is 0. The predicted molar refractivity (Wildman–Crippen MR) is 126 cm³/mol. The lowest BCUT2D eigenvalue weighted by Gasteiger charge is -2.31. The minimum Gasteiger partial charge on any atom is -0.466 e. The molecule has 0 aliphatic rings. The number of ether oxygens (including phenoxy) is 3. The largest absolute Gasteiger partial charge is 0.466 e. The second-order valence-corrected chi connectivity index (χ2v) is 8.25. The van der Waals surface area contributed by atoms with Crippen LogP contribution in [0.1, 0.15) is 71.3 Å². The summed E-state index contributed by atoms with van der Waals surface area (Å²) in [6, 6.07) is 8.61. The molecular weight excluding hydrogens is 440 g/mol. The Kier molecular flexibility index (Phi) is 13.8. The van der Waals surface area contributed by atoms with E-state index in [1.807, 2.05) is 20.8 Å². The van der Waals surface area contributed by atoms with Crippen molar-refractivity contribution in [3.63, 3.8) is 0 Å². The maximum absolute atomic E-state index is 13.3. The van der Waals surface area contributed by atoms with E-state index in [0.29, 0.717) is 24.8 Å². The van der Waals surface area contributed by atoms with E-state index in [-0.39, 0.29) is 26.2 Å². The van der Waals surface area contributed by atoms with Crippen LogP contribution in [0.4, 0.5) is 0 Å². The van der Waals surface area contributed by atoms with E-state index in [2.05, 4.69) is 0 Å². The average Bonchev–Trinajstić information content (AvgIpc) is 2.80. The van der Waals surface area contributed by atoms with Crippen LogP contribution in [0, 0.1) is 5.92 Å². The number of carbonyl (C=O) groups is 4. The molecule has 1 N–H and O–H groups in total. The fourth-order valence-corrected chi connectivity index (χ4v) is 3.22. The molecule has 0 saturated carbocycles. The SMILES string of the molecule is CCCCOC(=O)CC(O)(C(=O)OCCCC)C(C(=O)Cc1ccccc1)C(=O)OCCCC. The standard InChI is InChI=1S/C26H38O8/c1-4-7-15-32-22(28)19-26(31,25(30)34-17-9-6-3)23(24(29)33-16-8-5-2)21(27)18-20-13-11-10-12-14-20/h10-14,23,31H,4-9,15-19H2,1-3H3. The van der Waals surface area contributed by atoms with E-state index in [4.69, 9.17) is 14.2 Å². The molecule has 1 aromatic carbocycles. The number of esters is 3. The van der Waals surface area contributed by atoms with Crippen molar-refractivity contribution in [2.45, 2.75) is 77.7 Å². The van der Waals surface area contributed by atoms with Crippen LogP contribution in [0.2, 0.25) is 0 Å². The van der Waals surface area contributed by atoms with Crippen LogP contribution in [-0.2, 0) is 39.8 Å². The molecule has 8 heteroatoms. The zero-order chi connectivity index (χ0) is 25.4. The van der Waals surface area contributed by atoms with Crippen LogP contribution in [0.5, 0.6) is 0 Å². The number of carbonyl (C=O) groups excluding carboxylic acids is 4. The first-order valence-electron chi connectivity index (χ1n) is 12.1. The summed E-state index contributed by atoms with van der Waals surface area (Å²) in [6.07, 6.45) is 2.78. The molecule has 0 amide bonds. The second-order valence-electron chi connectivity index (χ2n) is 8.25. The monoisotopic (exact) mass is 478 g/mol. The van der Waals surface area contributed by atoms with Gasteiger partial charge in [0.2, 0.25) is 0 Å². The van der Waals surface area contributed by atoms with Crippen molar-refractivity contribution in [2.24, 2.45) is 5.92 Å². The highest BCUT2D eigenvalue weighted by atomic mass is 16.6. The van der Waals surface area contributed by atoms with E-state index in [1.54, 1.807) is 30.3 Å². The van der Waals surface area contributed by atoms with E-state index < -0.39 is 41.6 Å². The fraction of sp³-hybridized carbons (Fsp3) is 0.615. The van der Waals surface area contributed by atoms with Gasteiger partial charge in [0.05, 0.1) is 26.2 Å². The number of rotatable bonds is 17. The van der Waals surface area contributed by atoms with Gasteiger partial charge >= 0.3 is 17.9 Å². The Morgan fingerprint density at radius 3 is 1.91 bits per heavy atom. The minimum absolute atomic E-state index is 0.0202. The molecule has 0 aliphatic carbocycles. The van der Waals surface area contributed by atoms with Gasteiger partial charge in [-0.1, -0.05) is 70.4 Å². The molecule has 0 fully saturated rings. The minimum atomic E-state index is -2.74. The van der Waals surface area contributed by atoms with Crippen LogP contribution in [0.3, 0.4) is 0 Å². The summed E-state index contributed by atoms with van der Waals surface area (Å²) < 4.78 is 15.5. The molecule has 34 heavy (non-hydrogen) atoms. The van der Waals surface area contributed by atoms with Gasteiger partial charge in [0.1, 0.15) is 0 Å². The topological polar surface area (TPSA) is 116 Å². The quantitative estimate of drug-likeness (QED) is 0.156. The maximum Gasteiger partial charge on any atom is 0.340 e. The second kappa shape index (κ2) is 16.0. The van der Waals surface area contributed by atoms with Crippen molar-refractivity contribution in [1.29, 1.82) is 0 Å². The van der Waals surface area contributed by atoms with Gasteiger partial charge in [-0.3, -0.25) is 14.4 Å². The number of aliphatic hydroxyl groups is 1. The van der Waals surface area contributed by atoms with Gasteiger partial charge < -0.3 is 19.3 Å². The Balaban J connectivity index is 3.29. The number of ketones is 1. The summed E-state index contributed by atoms with van der Waals surface area (Å²) in [5.74, 6) is -5.86. The molecule has 0 heterocycles. The Labute approximate surface area is 202 Å². The number of Topliss-reactive ketones (excluding diaryl/α,β-unsaturated/α-hetero) is 1. The summed E-state index contributed by atoms with van der Waals surface area (Å²) >= 11 is 0. The first-order chi connectivity index (χ1) is 16.3. The van der Waals surface area contributed by atoms with Crippen LogP contribution in [-0.4, -0.2) is 54.2 Å². The van der Waals surface area contributed by atoms with Crippen molar-refractivity contribution in [3.8, 4) is 0 Å². The van der Waals surface area contributed by atoms with Crippen LogP contribution in [0.15, 0.2) is 30.3 Å². The number of hydrogen-bond acceptors (Lipinski definition) is 8. The lowest BCUT2D eigenvalue weighted by atomic mass is 9.79. The normalized spacial score (nSPS) is 13.4. The van der Waals surface area contributed by atoms with Crippen molar-refractivity contribution in [2.75, 3.05) is 19.8 Å². The molecule has 1 rings (SSSR count). The van der Waals surface area contributed by atoms with Crippen molar-refractivity contribution in [3.05, 3.63) is 35.9 Å². The molecule has 0 aromatic heterocycles. The van der Waals surface area contributed by atoms with E-state index >= 15 is 0 Å². The fourth-order valence-electron chi connectivity index (χ4n) is 3.22. The van der Waals surface area contributed by atoms with Gasteiger partial charge in [-0.25, -0.2) is 4.79 Å². The zero-order valence-corrected chi connectivity index (χ0v) is 20.5. The highest BCUT2D eigenvalue weighted by molar-refractivity contribution is 6.07. The Morgan fingerprint density at radius 1 is 0.824 bits per heavy atom. The number of hydrogen-bond donors (Lipinski definition) is 1. The molecule has 2 atom stereocenters. The van der Waals surface area contributed by atoms with Gasteiger partial charge in [0.25, 0.3) is 0 Å². The van der Waals surface area contributed by atoms with Gasteiger partial charge in [-0.05, 0) is 24.8 Å². The van der Waals surface area contributed by atoms with Gasteiger partial charge in [-0.15, -0.1) is 0 Å². The molecular formula is C26H38O8. The third-order valence-corrected chi connectivity index (χ3v) is 5.26. The Morgan fingerprint density at radius 2 is 1.35 bits per heavy atom. The molecule has 0 spiro atoms. The molecule has 0 bridgehead atoms.